The molecule has 0 radical (unpaired) electrons. The molecule has 2 fully saturated rings. The van der Waals surface area contributed by atoms with Gasteiger partial charge in [-0.15, -0.1) is 0 Å². The lowest BCUT2D eigenvalue weighted by molar-refractivity contribution is 0.254. The Morgan fingerprint density at radius 2 is 2.00 bits per heavy atom. The maximum absolute atomic E-state index is 14.4. The van der Waals surface area contributed by atoms with E-state index in [-0.39, 0.29) is 11.9 Å². The van der Waals surface area contributed by atoms with E-state index in [1.807, 2.05) is 13.0 Å². The molecule has 2 aliphatic heterocycles. The van der Waals surface area contributed by atoms with Gasteiger partial charge in [-0.2, -0.15) is 0 Å². The molecule has 1 aromatic rings. The van der Waals surface area contributed by atoms with Crippen molar-refractivity contribution >= 4 is 5.69 Å². The summed E-state index contributed by atoms with van der Waals surface area (Å²) in [5.74, 6) is -0.139. The summed E-state index contributed by atoms with van der Waals surface area (Å²) in [5, 5.41) is 0. The molecule has 0 amide bonds. The third-order valence-electron chi connectivity index (χ3n) is 4.97. The summed E-state index contributed by atoms with van der Waals surface area (Å²) in [4.78, 5) is 4.70. The molecule has 2 bridgehead atoms. The predicted molar refractivity (Wildman–Crippen MR) is 80.4 cm³/mol. The summed E-state index contributed by atoms with van der Waals surface area (Å²) in [6.07, 6.45) is 3.62. The van der Waals surface area contributed by atoms with E-state index in [0.29, 0.717) is 12.1 Å². The number of hydrogen-bond acceptors (Lipinski definition) is 3. The summed E-state index contributed by atoms with van der Waals surface area (Å²) in [6, 6.07) is 6.33. The Balaban J connectivity index is 1.93. The van der Waals surface area contributed by atoms with Crippen LogP contribution in [0.15, 0.2) is 18.2 Å². The van der Waals surface area contributed by atoms with Gasteiger partial charge in [0.1, 0.15) is 5.82 Å². The molecule has 3 atom stereocenters. The molecule has 0 spiro atoms. The van der Waals surface area contributed by atoms with Gasteiger partial charge in [-0.25, -0.2) is 4.39 Å². The van der Waals surface area contributed by atoms with Crippen molar-refractivity contribution in [3.8, 4) is 0 Å². The van der Waals surface area contributed by atoms with Crippen LogP contribution in [0.2, 0.25) is 0 Å². The largest absolute Gasteiger partial charge is 0.367 e. The van der Waals surface area contributed by atoms with Crippen LogP contribution in [0.1, 0.15) is 37.8 Å². The molecule has 2 unspecified atom stereocenters. The minimum absolute atomic E-state index is 0.139. The molecule has 2 heterocycles. The second-order valence-electron chi connectivity index (χ2n) is 6.25. The second-order valence-corrected chi connectivity index (χ2v) is 6.25. The van der Waals surface area contributed by atoms with Crippen molar-refractivity contribution in [3.05, 3.63) is 29.6 Å². The second kappa shape index (κ2) is 5.34. The minimum atomic E-state index is -0.140. The number of halogens is 1. The van der Waals surface area contributed by atoms with Gasteiger partial charge in [0, 0.05) is 31.2 Å². The van der Waals surface area contributed by atoms with Gasteiger partial charge in [0.15, 0.2) is 0 Å². The number of para-hydroxylation sites is 1. The number of nitrogens with two attached hydrogens (primary N) is 1. The smallest absolute Gasteiger partial charge is 0.146 e. The molecule has 20 heavy (non-hydrogen) atoms. The fourth-order valence-electron chi connectivity index (χ4n) is 3.74. The molecule has 2 aliphatic rings. The normalized spacial score (nSPS) is 28.5. The van der Waals surface area contributed by atoms with Crippen LogP contribution < -0.4 is 10.6 Å². The summed E-state index contributed by atoms with van der Waals surface area (Å²) < 4.78 is 14.4. The highest BCUT2D eigenvalue weighted by atomic mass is 19.1. The monoisotopic (exact) mass is 277 g/mol. The Morgan fingerprint density at radius 3 is 2.75 bits per heavy atom. The van der Waals surface area contributed by atoms with Gasteiger partial charge in [-0.1, -0.05) is 12.1 Å². The highest BCUT2D eigenvalue weighted by Gasteiger charge is 2.35. The van der Waals surface area contributed by atoms with Gasteiger partial charge < -0.3 is 10.6 Å². The van der Waals surface area contributed by atoms with Crippen LogP contribution in [0.4, 0.5) is 10.1 Å². The number of rotatable bonds is 2. The summed E-state index contributed by atoms with van der Waals surface area (Å²) in [6.45, 7) is 3.76. The third kappa shape index (κ3) is 2.31. The van der Waals surface area contributed by atoms with Crippen LogP contribution in [-0.2, 0) is 0 Å². The first-order valence-electron chi connectivity index (χ1n) is 7.59. The molecule has 0 saturated carbocycles. The first kappa shape index (κ1) is 13.8. The number of benzene rings is 1. The zero-order chi connectivity index (χ0) is 14.3. The maximum atomic E-state index is 14.4. The number of hydrogen-bond donors (Lipinski definition) is 1. The Labute approximate surface area is 120 Å². The lowest BCUT2D eigenvalue weighted by atomic mass is 10.0. The van der Waals surface area contributed by atoms with E-state index in [4.69, 9.17) is 5.73 Å². The molecule has 0 aromatic heterocycles. The molecule has 2 saturated heterocycles. The van der Waals surface area contributed by atoms with E-state index in [1.54, 1.807) is 12.1 Å². The lowest BCUT2D eigenvalue weighted by Crippen LogP contribution is -2.37. The van der Waals surface area contributed by atoms with Gasteiger partial charge >= 0.3 is 0 Å². The van der Waals surface area contributed by atoms with Crippen LogP contribution in [-0.4, -0.2) is 37.1 Å². The average Bonchev–Trinajstić information content (AvgIpc) is 2.64. The van der Waals surface area contributed by atoms with Crippen molar-refractivity contribution in [2.45, 2.75) is 44.3 Å². The Morgan fingerprint density at radius 1 is 1.25 bits per heavy atom. The van der Waals surface area contributed by atoms with E-state index >= 15 is 0 Å². The lowest BCUT2D eigenvalue weighted by Gasteiger charge is -2.30. The highest BCUT2D eigenvalue weighted by Crippen LogP contribution is 2.34. The van der Waals surface area contributed by atoms with E-state index in [1.165, 1.54) is 12.8 Å². The van der Waals surface area contributed by atoms with Gasteiger partial charge in [-0.3, -0.25) is 4.90 Å². The third-order valence-corrected chi connectivity index (χ3v) is 4.97. The van der Waals surface area contributed by atoms with E-state index in [0.717, 1.165) is 30.8 Å². The minimum Gasteiger partial charge on any atom is -0.367 e. The molecule has 4 heteroatoms. The van der Waals surface area contributed by atoms with E-state index in [2.05, 4.69) is 16.8 Å². The van der Waals surface area contributed by atoms with Crippen molar-refractivity contribution in [3.63, 3.8) is 0 Å². The molecular formula is C16H24FN3. The Bertz CT molecular complexity index is 489. The summed E-state index contributed by atoms with van der Waals surface area (Å²) in [7, 11) is 2.21. The number of likely N-dealkylation sites (N-methyl/N-ethyl adjacent to an activating group) is 1. The van der Waals surface area contributed by atoms with Crippen LogP contribution in [0.3, 0.4) is 0 Å². The SMILES string of the molecule is C[C@@H](N)c1cccc(F)c1N1CCC2CCC(C1)N2C. The van der Waals surface area contributed by atoms with Gasteiger partial charge in [-0.05, 0) is 44.9 Å². The maximum Gasteiger partial charge on any atom is 0.146 e. The zero-order valence-electron chi connectivity index (χ0n) is 12.3. The fraction of sp³-hybridized carbons (Fsp3) is 0.625. The van der Waals surface area contributed by atoms with Crippen LogP contribution in [0.25, 0.3) is 0 Å². The van der Waals surface area contributed by atoms with Gasteiger partial charge in [0.25, 0.3) is 0 Å². The van der Waals surface area contributed by atoms with Crippen molar-refractivity contribution in [2.24, 2.45) is 5.73 Å². The van der Waals surface area contributed by atoms with Crippen molar-refractivity contribution < 1.29 is 4.39 Å². The van der Waals surface area contributed by atoms with E-state index < -0.39 is 0 Å². The first-order valence-corrected chi connectivity index (χ1v) is 7.59. The molecule has 110 valence electrons. The summed E-state index contributed by atoms with van der Waals surface area (Å²) in [5.41, 5.74) is 7.68. The molecule has 3 nitrogen and oxygen atoms in total. The van der Waals surface area contributed by atoms with E-state index in [9.17, 15) is 4.39 Å². The van der Waals surface area contributed by atoms with Crippen molar-refractivity contribution in [1.29, 1.82) is 0 Å². The molecule has 1 aromatic carbocycles. The highest BCUT2D eigenvalue weighted by molar-refractivity contribution is 5.56. The predicted octanol–water partition coefficient (Wildman–Crippen LogP) is 2.52. The van der Waals surface area contributed by atoms with Crippen molar-refractivity contribution in [2.75, 3.05) is 25.0 Å². The Kier molecular flexibility index (Phi) is 3.69. The average molecular weight is 277 g/mol. The molecular weight excluding hydrogens is 253 g/mol. The number of anilines is 1. The van der Waals surface area contributed by atoms with Gasteiger partial charge in [0.2, 0.25) is 0 Å². The van der Waals surface area contributed by atoms with Gasteiger partial charge in [0.05, 0.1) is 5.69 Å². The molecule has 2 N–H and O–H groups in total. The van der Waals surface area contributed by atoms with Crippen LogP contribution in [0, 0.1) is 5.82 Å². The standard InChI is InChI=1S/C16H24FN3/c1-11(18)14-4-3-5-15(17)16(14)20-9-8-12-6-7-13(10-20)19(12)2/h3-5,11-13H,6-10,18H2,1-2H3/t11-,12?,13?/m1/s1. The Hall–Kier alpha value is -1.13. The summed E-state index contributed by atoms with van der Waals surface area (Å²) >= 11 is 0. The molecule has 3 rings (SSSR count). The van der Waals surface area contributed by atoms with Crippen LogP contribution in [0.5, 0.6) is 0 Å². The number of fused-ring (bicyclic) bond motifs is 2. The number of nitrogens with zero attached hydrogens (tertiary/aromatic N) is 2. The zero-order valence-corrected chi connectivity index (χ0v) is 12.3. The van der Waals surface area contributed by atoms with Crippen molar-refractivity contribution in [1.82, 2.24) is 4.90 Å². The first-order chi connectivity index (χ1) is 9.58. The fourth-order valence-corrected chi connectivity index (χ4v) is 3.74. The topological polar surface area (TPSA) is 32.5 Å². The molecule has 0 aliphatic carbocycles. The quantitative estimate of drug-likeness (QED) is 0.901. The van der Waals surface area contributed by atoms with Crippen LogP contribution >= 0.6 is 0 Å².